The van der Waals surface area contributed by atoms with Crippen molar-refractivity contribution in [1.82, 2.24) is 5.48 Å². The standard InChI is InChI=1S/C7H16NO/c1-4-7(5-2)6-9-8-3/h7-8H,3-6H2,1-2H3. The number of hydrogen-bond donors (Lipinski definition) is 1. The Hall–Kier alpha value is -0.0800. The molecule has 1 N–H and O–H groups in total. The van der Waals surface area contributed by atoms with Gasteiger partial charge in [-0.3, -0.25) is 0 Å². The molecule has 0 bridgehead atoms. The van der Waals surface area contributed by atoms with Crippen molar-refractivity contribution < 1.29 is 4.84 Å². The molecule has 9 heavy (non-hydrogen) atoms. The SMILES string of the molecule is [CH2]NOCC(CC)CC. The van der Waals surface area contributed by atoms with E-state index in [1.54, 1.807) is 0 Å². The first-order valence-corrected chi connectivity index (χ1v) is 3.49. The molecule has 55 valence electrons. The van der Waals surface area contributed by atoms with Gasteiger partial charge in [0.2, 0.25) is 0 Å². The molecule has 2 nitrogen and oxygen atoms in total. The molecule has 0 aromatic rings. The van der Waals surface area contributed by atoms with Gasteiger partial charge >= 0.3 is 0 Å². The minimum absolute atomic E-state index is 0.680. The summed E-state index contributed by atoms with van der Waals surface area (Å²) in [4.78, 5) is 4.92. The molecule has 2 heteroatoms. The largest absolute Gasteiger partial charge is 0.301 e. The molecule has 0 amide bonds. The second kappa shape index (κ2) is 6.05. The molecule has 0 saturated carbocycles. The van der Waals surface area contributed by atoms with Gasteiger partial charge in [0.1, 0.15) is 0 Å². The van der Waals surface area contributed by atoms with Crippen LogP contribution in [0.2, 0.25) is 0 Å². The van der Waals surface area contributed by atoms with E-state index in [4.69, 9.17) is 4.84 Å². The van der Waals surface area contributed by atoms with Crippen molar-refractivity contribution in [2.24, 2.45) is 5.92 Å². The van der Waals surface area contributed by atoms with Crippen LogP contribution in [0.5, 0.6) is 0 Å². The van der Waals surface area contributed by atoms with Crippen LogP contribution in [0.25, 0.3) is 0 Å². The maximum Gasteiger partial charge on any atom is 0.0710 e. The maximum atomic E-state index is 4.92. The highest BCUT2D eigenvalue weighted by molar-refractivity contribution is 4.50. The fraction of sp³-hybridized carbons (Fsp3) is 0.857. The van der Waals surface area contributed by atoms with E-state index in [0.717, 1.165) is 6.61 Å². The summed E-state index contributed by atoms with van der Waals surface area (Å²) in [5.41, 5.74) is 2.42. The highest BCUT2D eigenvalue weighted by Gasteiger charge is 2.01. The summed E-state index contributed by atoms with van der Waals surface area (Å²) in [6.45, 7) is 5.11. The zero-order chi connectivity index (χ0) is 7.11. The lowest BCUT2D eigenvalue weighted by atomic mass is 10.1. The van der Waals surface area contributed by atoms with Crippen molar-refractivity contribution in [3.05, 3.63) is 7.05 Å². The minimum Gasteiger partial charge on any atom is -0.301 e. The molecular weight excluding hydrogens is 114 g/mol. The second-order valence-electron chi connectivity index (χ2n) is 2.14. The molecule has 0 aromatic heterocycles. The molecular formula is C7H16NO. The van der Waals surface area contributed by atoms with Crippen LogP contribution in [0.1, 0.15) is 26.7 Å². The molecule has 0 unspecified atom stereocenters. The molecule has 0 spiro atoms. The summed E-state index contributed by atoms with van der Waals surface area (Å²) >= 11 is 0. The molecule has 0 aliphatic heterocycles. The monoisotopic (exact) mass is 130 g/mol. The van der Waals surface area contributed by atoms with E-state index in [2.05, 4.69) is 26.4 Å². The predicted octanol–water partition coefficient (Wildman–Crippen LogP) is 1.74. The number of hydrogen-bond acceptors (Lipinski definition) is 2. The summed E-state index contributed by atoms with van der Waals surface area (Å²) in [5, 5.41) is 0. The van der Waals surface area contributed by atoms with Crippen LogP contribution in [0, 0.1) is 13.0 Å². The summed E-state index contributed by atoms with van der Waals surface area (Å²) in [7, 11) is 3.35. The van der Waals surface area contributed by atoms with Crippen molar-refractivity contribution in [1.29, 1.82) is 0 Å². The van der Waals surface area contributed by atoms with Crippen LogP contribution >= 0.6 is 0 Å². The van der Waals surface area contributed by atoms with Gasteiger partial charge in [-0.1, -0.05) is 26.7 Å². The van der Waals surface area contributed by atoms with Gasteiger partial charge in [0.15, 0.2) is 0 Å². The van der Waals surface area contributed by atoms with E-state index < -0.39 is 0 Å². The lowest BCUT2D eigenvalue weighted by Gasteiger charge is -2.10. The summed E-state index contributed by atoms with van der Waals surface area (Å²) in [6, 6.07) is 0. The summed E-state index contributed by atoms with van der Waals surface area (Å²) in [5.74, 6) is 0.680. The van der Waals surface area contributed by atoms with E-state index in [9.17, 15) is 0 Å². The highest BCUT2D eigenvalue weighted by Crippen LogP contribution is 2.05. The smallest absolute Gasteiger partial charge is 0.0710 e. The quantitative estimate of drug-likeness (QED) is 0.572. The average Bonchev–Trinajstić information content (AvgIpc) is 1.91. The Balaban J connectivity index is 3.09. The van der Waals surface area contributed by atoms with Gasteiger partial charge in [0.25, 0.3) is 0 Å². The first-order chi connectivity index (χ1) is 4.35. The Bertz CT molecular complexity index is 52.9. The van der Waals surface area contributed by atoms with E-state index in [0.29, 0.717) is 5.92 Å². The molecule has 0 aliphatic carbocycles. The zero-order valence-electron chi connectivity index (χ0n) is 6.31. The van der Waals surface area contributed by atoms with Gasteiger partial charge in [0, 0.05) is 7.05 Å². The van der Waals surface area contributed by atoms with Crippen molar-refractivity contribution in [3.63, 3.8) is 0 Å². The van der Waals surface area contributed by atoms with E-state index >= 15 is 0 Å². The van der Waals surface area contributed by atoms with Crippen LogP contribution in [-0.4, -0.2) is 6.61 Å². The molecule has 0 atom stereocenters. The average molecular weight is 130 g/mol. The summed E-state index contributed by atoms with van der Waals surface area (Å²) < 4.78 is 0. The fourth-order valence-electron chi connectivity index (χ4n) is 0.701. The lowest BCUT2D eigenvalue weighted by molar-refractivity contribution is 0.0396. The molecule has 0 aromatic carbocycles. The Morgan fingerprint density at radius 3 is 2.33 bits per heavy atom. The third-order valence-corrected chi connectivity index (χ3v) is 1.58. The van der Waals surface area contributed by atoms with Gasteiger partial charge in [-0.15, -0.1) is 0 Å². The van der Waals surface area contributed by atoms with Crippen LogP contribution in [0.15, 0.2) is 0 Å². The van der Waals surface area contributed by atoms with Crippen LogP contribution in [-0.2, 0) is 4.84 Å². The molecule has 1 radical (unpaired) electrons. The van der Waals surface area contributed by atoms with Gasteiger partial charge in [0.05, 0.1) is 6.61 Å². The molecule has 0 rings (SSSR count). The highest BCUT2D eigenvalue weighted by atomic mass is 16.6. The topological polar surface area (TPSA) is 21.3 Å². The predicted molar refractivity (Wildman–Crippen MR) is 38.5 cm³/mol. The van der Waals surface area contributed by atoms with Crippen molar-refractivity contribution >= 4 is 0 Å². The van der Waals surface area contributed by atoms with E-state index in [1.165, 1.54) is 12.8 Å². The number of hydroxylamine groups is 1. The zero-order valence-corrected chi connectivity index (χ0v) is 6.31. The third kappa shape index (κ3) is 4.43. The number of rotatable bonds is 5. The maximum absolute atomic E-state index is 4.92. The van der Waals surface area contributed by atoms with Crippen LogP contribution < -0.4 is 5.48 Å². The normalized spacial score (nSPS) is 10.7. The summed E-state index contributed by atoms with van der Waals surface area (Å²) in [6.07, 6.45) is 2.36. The second-order valence-corrected chi connectivity index (χ2v) is 2.14. The van der Waals surface area contributed by atoms with E-state index in [1.807, 2.05) is 0 Å². The van der Waals surface area contributed by atoms with Gasteiger partial charge in [-0.05, 0) is 5.92 Å². The Labute approximate surface area is 57.5 Å². The molecule has 0 saturated heterocycles. The molecule has 0 aliphatic rings. The van der Waals surface area contributed by atoms with Gasteiger partial charge in [-0.25, -0.2) is 5.48 Å². The molecule has 0 fully saturated rings. The Morgan fingerprint density at radius 1 is 1.44 bits per heavy atom. The van der Waals surface area contributed by atoms with Crippen LogP contribution in [0.4, 0.5) is 0 Å². The Morgan fingerprint density at radius 2 is 2.00 bits per heavy atom. The Kier molecular flexibility index (Phi) is 5.99. The first-order valence-electron chi connectivity index (χ1n) is 3.49. The number of nitrogens with one attached hydrogen (secondary N) is 1. The third-order valence-electron chi connectivity index (χ3n) is 1.58. The van der Waals surface area contributed by atoms with E-state index in [-0.39, 0.29) is 0 Å². The van der Waals surface area contributed by atoms with Gasteiger partial charge < -0.3 is 4.84 Å². The van der Waals surface area contributed by atoms with Crippen molar-refractivity contribution in [2.45, 2.75) is 26.7 Å². The van der Waals surface area contributed by atoms with Crippen molar-refractivity contribution in [3.8, 4) is 0 Å². The fourth-order valence-corrected chi connectivity index (χ4v) is 0.701. The lowest BCUT2D eigenvalue weighted by Crippen LogP contribution is -2.13. The minimum atomic E-state index is 0.680. The first kappa shape index (κ1) is 8.92. The molecule has 0 heterocycles. The van der Waals surface area contributed by atoms with Gasteiger partial charge in [-0.2, -0.15) is 0 Å². The van der Waals surface area contributed by atoms with Crippen LogP contribution in [0.3, 0.4) is 0 Å². The van der Waals surface area contributed by atoms with Crippen molar-refractivity contribution in [2.75, 3.05) is 6.61 Å².